The summed E-state index contributed by atoms with van der Waals surface area (Å²) in [5, 5.41) is 6.20. The van der Waals surface area contributed by atoms with Crippen molar-refractivity contribution in [2.24, 2.45) is 0 Å². The van der Waals surface area contributed by atoms with Gasteiger partial charge in [0.1, 0.15) is 0 Å². The van der Waals surface area contributed by atoms with Gasteiger partial charge in [0.15, 0.2) is 0 Å². The smallest absolute Gasteiger partial charge is 0.0541 e. The average molecular weight is 411 g/mol. The molecule has 0 bridgehead atoms. The Bertz CT molecular complexity index is 1570. The lowest BCUT2D eigenvalue weighted by molar-refractivity contribution is 0.849. The lowest BCUT2D eigenvalue weighted by atomic mass is 9.85. The zero-order valence-corrected chi connectivity index (χ0v) is 17.6. The van der Waals surface area contributed by atoms with E-state index in [4.69, 9.17) is 0 Å². The maximum absolute atomic E-state index is 3.60. The number of nitrogens with zero attached hydrogens (tertiary/aromatic N) is 1. The minimum Gasteiger partial charge on any atom is -0.358 e. The van der Waals surface area contributed by atoms with E-state index in [0.29, 0.717) is 5.92 Å². The minimum atomic E-state index is 0.424. The van der Waals surface area contributed by atoms with Gasteiger partial charge < -0.3 is 9.88 Å². The predicted molar refractivity (Wildman–Crippen MR) is 134 cm³/mol. The average Bonchev–Trinajstić information content (AvgIpc) is 3.39. The van der Waals surface area contributed by atoms with Crippen molar-refractivity contribution in [1.82, 2.24) is 4.57 Å². The van der Waals surface area contributed by atoms with Gasteiger partial charge in [0, 0.05) is 33.8 Å². The molecule has 0 radical (unpaired) electrons. The maximum atomic E-state index is 3.60. The Labute approximate surface area is 187 Å². The molecule has 0 saturated carbocycles. The Morgan fingerprint density at radius 1 is 0.688 bits per heavy atom. The van der Waals surface area contributed by atoms with Crippen LogP contribution in [0.15, 0.2) is 115 Å². The zero-order valence-electron chi connectivity index (χ0n) is 17.6. The molecule has 0 saturated heterocycles. The molecule has 152 valence electrons. The van der Waals surface area contributed by atoms with Gasteiger partial charge in [-0.3, -0.25) is 0 Å². The third-order valence-corrected chi connectivity index (χ3v) is 6.94. The van der Waals surface area contributed by atoms with Crippen LogP contribution < -0.4 is 5.32 Å². The van der Waals surface area contributed by atoms with Crippen LogP contribution in [0.4, 0.5) is 5.69 Å². The van der Waals surface area contributed by atoms with Crippen molar-refractivity contribution in [2.75, 3.05) is 5.32 Å². The monoisotopic (exact) mass is 410 g/mol. The molecular weight excluding hydrogens is 388 g/mol. The molecule has 32 heavy (non-hydrogen) atoms. The van der Waals surface area contributed by atoms with Gasteiger partial charge in [-0.15, -0.1) is 0 Å². The quantitative estimate of drug-likeness (QED) is 0.316. The van der Waals surface area contributed by atoms with Crippen molar-refractivity contribution in [2.45, 2.75) is 12.3 Å². The van der Waals surface area contributed by atoms with Crippen LogP contribution in [0.5, 0.6) is 0 Å². The van der Waals surface area contributed by atoms with Crippen molar-refractivity contribution in [3.8, 4) is 5.69 Å². The summed E-state index contributed by atoms with van der Waals surface area (Å²) in [6.45, 7) is 0. The number of fused-ring (bicyclic) bond motifs is 6. The minimum absolute atomic E-state index is 0.424. The van der Waals surface area contributed by atoms with E-state index in [1.54, 1.807) is 0 Å². The first-order chi connectivity index (χ1) is 15.9. The normalized spacial score (nSPS) is 16.9. The molecule has 0 spiro atoms. The van der Waals surface area contributed by atoms with Crippen molar-refractivity contribution in [3.63, 3.8) is 0 Å². The van der Waals surface area contributed by atoms with Gasteiger partial charge in [0.2, 0.25) is 0 Å². The highest BCUT2D eigenvalue weighted by atomic mass is 15.0. The van der Waals surface area contributed by atoms with Gasteiger partial charge in [-0.1, -0.05) is 66.7 Å². The molecular formula is C30H22N2. The molecule has 1 atom stereocenters. The Kier molecular flexibility index (Phi) is 3.71. The lowest BCUT2D eigenvalue weighted by Gasteiger charge is -2.20. The highest BCUT2D eigenvalue weighted by Gasteiger charge is 2.29. The second kappa shape index (κ2) is 6.73. The van der Waals surface area contributed by atoms with E-state index in [0.717, 1.165) is 6.42 Å². The van der Waals surface area contributed by atoms with Crippen molar-refractivity contribution < 1.29 is 0 Å². The van der Waals surface area contributed by atoms with Gasteiger partial charge in [-0.25, -0.2) is 0 Å². The molecule has 0 amide bonds. The predicted octanol–water partition coefficient (Wildman–Crippen LogP) is 7.66. The number of benzene rings is 4. The second-order valence-corrected chi connectivity index (χ2v) is 8.70. The zero-order chi connectivity index (χ0) is 21.1. The first kappa shape index (κ1) is 17.6. The number of rotatable bonds is 2. The second-order valence-electron chi connectivity index (χ2n) is 8.70. The summed E-state index contributed by atoms with van der Waals surface area (Å²) in [5.41, 5.74) is 10.4. The van der Waals surface area contributed by atoms with E-state index in [-0.39, 0.29) is 0 Å². The van der Waals surface area contributed by atoms with Gasteiger partial charge in [-0.05, 0) is 65.6 Å². The summed E-state index contributed by atoms with van der Waals surface area (Å²) in [7, 11) is 0. The Morgan fingerprint density at radius 3 is 2.41 bits per heavy atom. The number of hydrogen-bond acceptors (Lipinski definition) is 1. The molecule has 1 N–H and O–H groups in total. The van der Waals surface area contributed by atoms with Crippen LogP contribution in [-0.2, 0) is 0 Å². The molecule has 2 nitrogen and oxygen atoms in total. The summed E-state index contributed by atoms with van der Waals surface area (Å²) < 4.78 is 2.37. The molecule has 5 aromatic rings. The first-order valence-electron chi connectivity index (χ1n) is 11.2. The van der Waals surface area contributed by atoms with E-state index in [9.17, 15) is 0 Å². The standard InChI is InChI=1S/C30H22N2/c1-2-8-22(9-3-1)32-29-13-7-5-11-24(29)26-19-21(15-17-30(26)32)20-14-16-28-25(18-20)23-10-4-6-12-27(23)31-28/h1-17,19,25,31H,18H2. The van der Waals surface area contributed by atoms with Crippen LogP contribution in [0.3, 0.4) is 0 Å². The highest BCUT2D eigenvalue weighted by molar-refractivity contribution is 6.10. The molecule has 4 aromatic carbocycles. The fourth-order valence-electron chi connectivity index (χ4n) is 5.42. The fraction of sp³-hybridized carbons (Fsp3) is 0.0667. The Morgan fingerprint density at radius 2 is 1.47 bits per heavy atom. The molecule has 0 fully saturated rings. The number of aromatic nitrogens is 1. The van der Waals surface area contributed by atoms with Gasteiger partial charge in [-0.2, -0.15) is 0 Å². The third kappa shape index (κ3) is 2.53. The van der Waals surface area contributed by atoms with Crippen LogP contribution in [0.25, 0.3) is 33.1 Å². The van der Waals surface area contributed by atoms with Gasteiger partial charge >= 0.3 is 0 Å². The summed E-state index contributed by atoms with van der Waals surface area (Å²) in [4.78, 5) is 0. The Balaban J connectivity index is 1.37. The summed E-state index contributed by atoms with van der Waals surface area (Å²) >= 11 is 0. The van der Waals surface area contributed by atoms with E-state index >= 15 is 0 Å². The summed E-state index contributed by atoms with van der Waals surface area (Å²) in [5.74, 6) is 0.424. The molecule has 2 aliphatic rings. The van der Waals surface area contributed by atoms with E-state index in [1.807, 2.05) is 0 Å². The summed E-state index contributed by atoms with van der Waals surface area (Å²) in [6.07, 6.45) is 5.59. The van der Waals surface area contributed by atoms with E-state index in [1.165, 1.54) is 55.6 Å². The van der Waals surface area contributed by atoms with Crippen molar-refractivity contribution in [3.05, 3.63) is 126 Å². The Hall–Kier alpha value is -4.04. The van der Waals surface area contributed by atoms with E-state index in [2.05, 4.69) is 119 Å². The topological polar surface area (TPSA) is 17.0 Å². The molecule has 2 heteroatoms. The van der Waals surface area contributed by atoms with Crippen LogP contribution in [0.1, 0.15) is 23.5 Å². The lowest BCUT2D eigenvalue weighted by Crippen LogP contribution is -2.05. The summed E-state index contributed by atoms with van der Waals surface area (Å²) in [6, 6.07) is 35.0. The number of nitrogens with one attached hydrogen (secondary N) is 1. The number of hydrogen-bond donors (Lipinski definition) is 1. The largest absolute Gasteiger partial charge is 0.358 e. The van der Waals surface area contributed by atoms with E-state index < -0.39 is 0 Å². The van der Waals surface area contributed by atoms with Crippen LogP contribution in [0, 0.1) is 0 Å². The highest BCUT2D eigenvalue weighted by Crippen LogP contribution is 2.46. The molecule has 7 rings (SSSR count). The number of para-hydroxylation sites is 3. The molecule has 2 heterocycles. The van der Waals surface area contributed by atoms with Crippen LogP contribution >= 0.6 is 0 Å². The molecule has 1 aliphatic carbocycles. The third-order valence-electron chi connectivity index (χ3n) is 6.94. The van der Waals surface area contributed by atoms with Gasteiger partial charge in [0.25, 0.3) is 0 Å². The maximum Gasteiger partial charge on any atom is 0.0541 e. The van der Waals surface area contributed by atoms with Crippen LogP contribution in [0.2, 0.25) is 0 Å². The van der Waals surface area contributed by atoms with Crippen LogP contribution in [-0.4, -0.2) is 4.57 Å². The van der Waals surface area contributed by atoms with Crippen molar-refractivity contribution in [1.29, 1.82) is 0 Å². The first-order valence-corrected chi connectivity index (χ1v) is 11.2. The van der Waals surface area contributed by atoms with Gasteiger partial charge in [0.05, 0.1) is 11.0 Å². The number of allylic oxidation sites excluding steroid dienone is 4. The van der Waals surface area contributed by atoms with Crippen molar-refractivity contribution >= 4 is 33.1 Å². The molecule has 1 aliphatic heterocycles. The molecule has 1 aromatic heterocycles. The SMILES string of the molecule is C1=C(c2ccc3c(c2)c2ccccc2n3-c2ccccc2)CC2C(=C1)Nc1ccccc12. The fourth-order valence-corrected chi connectivity index (χ4v) is 5.42. The molecule has 1 unspecified atom stereocenters. The number of anilines is 1.